The van der Waals surface area contributed by atoms with Gasteiger partial charge in [-0.3, -0.25) is 9.59 Å². The normalized spacial score (nSPS) is 22.4. The van der Waals surface area contributed by atoms with E-state index in [1.54, 1.807) is 18.2 Å². The van der Waals surface area contributed by atoms with E-state index in [1.807, 2.05) is 50.8 Å². The van der Waals surface area contributed by atoms with E-state index in [9.17, 15) is 9.59 Å². The number of aliphatic imine (C=N–C) groups is 1. The minimum Gasteiger partial charge on any atom is -0.465 e. The largest absolute Gasteiger partial charge is 0.465 e. The van der Waals surface area contributed by atoms with Crippen LogP contribution in [-0.2, 0) is 16.1 Å². The van der Waals surface area contributed by atoms with Crippen LogP contribution in [0.4, 0.5) is 4.39 Å². The van der Waals surface area contributed by atoms with E-state index in [0.29, 0.717) is 47.8 Å². The fourth-order valence-electron chi connectivity index (χ4n) is 4.78. The first-order valence-corrected chi connectivity index (χ1v) is 13.5. The van der Waals surface area contributed by atoms with Gasteiger partial charge in [-0.2, -0.15) is 0 Å². The molecule has 2 bridgehead atoms. The van der Waals surface area contributed by atoms with Crippen molar-refractivity contribution in [2.24, 2.45) is 10.9 Å². The quantitative estimate of drug-likeness (QED) is 0.606. The van der Waals surface area contributed by atoms with Gasteiger partial charge in [0.25, 0.3) is 6.02 Å². The molecule has 3 heterocycles. The van der Waals surface area contributed by atoms with Crippen LogP contribution in [0.5, 0.6) is 0 Å². The highest BCUT2D eigenvalue weighted by molar-refractivity contribution is 8.15. The Kier molecular flexibility index (Phi) is 8.34. The molecule has 0 spiro atoms. The minimum absolute atomic E-state index is 0.0908. The number of rotatable bonds is 4. The second-order valence-corrected chi connectivity index (χ2v) is 10.8. The number of amides is 1. The van der Waals surface area contributed by atoms with Gasteiger partial charge in [-0.05, 0) is 48.9 Å². The molecule has 1 amide bonds. The maximum Gasteiger partial charge on any atom is 0.288 e. The zero-order valence-electron chi connectivity index (χ0n) is 21.3. The molecule has 0 saturated carbocycles. The van der Waals surface area contributed by atoms with Gasteiger partial charge in [0.05, 0.1) is 30.5 Å². The summed E-state index contributed by atoms with van der Waals surface area (Å²) < 4.78 is 21.2. The maximum atomic E-state index is 15.4. The molecule has 3 atom stereocenters. The van der Waals surface area contributed by atoms with Gasteiger partial charge in [0.1, 0.15) is 5.82 Å². The lowest BCUT2D eigenvalue weighted by molar-refractivity contribution is -0.121. The highest BCUT2D eigenvalue weighted by atomic mass is 32.2. The molecular formula is C28H34FN3O3S. The number of benzene rings is 2. The molecule has 0 fully saturated rings. The average Bonchev–Trinajstić information content (AvgIpc) is 3.18. The number of amidine groups is 1. The molecule has 2 unspecified atom stereocenters. The van der Waals surface area contributed by atoms with Gasteiger partial charge < -0.3 is 15.0 Å². The molecule has 2 aromatic carbocycles. The van der Waals surface area contributed by atoms with Gasteiger partial charge in [-0.1, -0.05) is 62.9 Å². The summed E-state index contributed by atoms with van der Waals surface area (Å²) in [4.78, 5) is 33.5. The van der Waals surface area contributed by atoms with E-state index < -0.39 is 5.25 Å². The van der Waals surface area contributed by atoms with Gasteiger partial charge in [-0.15, -0.1) is 0 Å². The molecule has 3 aliphatic rings. The molecule has 36 heavy (non-hydrogen) atoms. The molecule has 0 aromatic heterocycles. The summed E-state index contributed by atoms with van der Waals surface area (Å²) in [5.74, 6) is -0.285. The lowest BCUT2D eigenvalue weighted by atomic mass is 9.98. The first-order chi connectivity index (χ1) is 17.3. The molecule has 0 radical (unpaired) electrons. The van der Waals surface area contributed by atoms with E-state index in [4.69, 9.17) is 9.73 Å². The zero-order chi connectivity index (χ0) is 25.8. The topological polar surface area (TPSA) is 71.0 Å². The standard InChI is InChI=1S/C28H34FN3O3S/c1-5-23-24-15-30-26(33)25(13-17(3)4)36-27(34)21-10-8-7-9-20(21)18-11-12-19(22(29)14-18)16-32(24)28(31-23)35-6-2/h7-12,14,17,23-25H,5-6,13,15-16H2,1-4H3,(H,30,33)/t23?,24?,25-/m0/s1. The lowest BCUT2D eigenvalue weighted by Crippen LogP contribution is -2.49. The van der Waals surface area contributed by atoms with Crippen LogP contribution in [0, 0.1) is 11.7 Å². The number of nitrogens with one attached hydrogen (secondary N) is 1. The monoisotopic (exact) mass is 511 g/mol. The van der Waals surface area contributed by atoms with E-state index in [-0.39, 0.29) is 41.4 Å². The summed E-state index contributed by atoms with van der Waals surface area (Å²) in [7, 11) is 0. The Bertz CT molecular complexity index is 1150. The van der Waals surface area contributed by atoms with Crippen molar-refractivity contribution in [3.63, 3.8) is 0 Å². The van der Waals surface area contributed by atoms with Crippen LogP contribution in [0.2, 0.25) is 0 Å². The van der Waals surface area contributed by atoms with Crippen LogP contribution in [-0.4, -0.2) is 52.4 Å². The Morgan fingerprint density at radius 3 is 2.58 bits per heavy atom. The summed E-state index contributed by atoms with van der Waals surface area (Å²) in [6, 6.07) is 12.5. The van der Waals surface area contributed by atoms with E-state index in [1.165, 1.54) is 6.07 Å². The van der Waals surface area contributed by atoms with Crippen LogP contribution in [0.3, 0.4) is 0 Å². The number of fused-ring (bicyclic) bond motifs is 7. The number of hydrogen-bond acceptors (Lipinski definition) is 6. The smallest absolute Gasteiger partial charge is 0.288 e. The van der Waals surface area contributed by atoms with Crippen LogP contribution in [0.1, 0.15) is 56.5 Å². The van der Waals surface area contributed by atoms with Crippen molar-refractivity contribution in [1.82, 2.24) is 10.2 Å². The highest BCUT2D eigenvalue weighted by Crippen LogP contribution is 2.32. The SMILES string of the molecule is CCOC1=NC(CC)C2CNC(=O)[C@H](CC(C)C)SC(=O)c3ccccc3-c3ccc(c(F)c3)CN12. The van der Waals surface area contributed by atoms with Crippen molar-refractivity contribution in [2.75, 3.05) is 13.2 Å². The lowest BCUT2D eigenvalue weighted by Gasteiger charge is -2.30. The minimum atomic E-state index is -0.531. The van der Waals surface area contributed by atoms with Crippen LogP contribution in [0.25, 0.3) is 11.1 Å². The number of carbonyl (C=O) groups is 2. The van der Waals surface area contributed by atoms with E-state index in [2.05, 4.69) is 5.32 Å². The van der Waals surface area contributed by atoms with Crippen molar-refractivity contribution < 1.29 is 18.7 Å². The third-order valence-corrected chi connectivity index (χ3v) is 7.75. The number of halogens is 1. The molecule has 3 aliphatic heterocycles. The van der Waals surface area contributed by atoms with Crippen molar-refractivity contribution in [3.8, 4) is 11.1 Å². The Morgan fingerprint density at radius 2 is 1.92 bits per heavy atom. The number of carbonyl (C=O) groups excluding carboxylic acids is 2. The third kappa shape index (κ3) is 5.59. The Morgan fingerprint density at radius 1 is 1.17 bits per heavy atom. The van der Waals surface area contributed by atoms with Gasteiger partial charge in [0.15, 0.2) is 0 Å². The van der Waals surface area contributed by atoms with Gasteiger partial charge >= 0.3 is 0 Å². The zero-order valence-corrected chi connectivity index (χ0v) is 22.1. The molecule has 0 saturated heterocycles. The number of thioether (sulfide) groups is 1. The Hall–Kier alpha value is -2.87. The fraction of sp³-hybridized carbons (Fsp3) is 0.464. The molecule has 5 rings (SSSR count). The molecule has 192 valence electrons. The summed E-state index contributed by atoms with van der Waals surface area (Å²) in [6.45, 7) is 9.06. The molecule has 1 N–H and O–H groups in total. The van der Waals surface area contributed by atoms with Crippen molar-refractivity contribution in [3.05, 3.63) is 59.4 Å². The molecule has 6 nitrogen and oxygen atoms in total. The van der Waals surface area contributed by atoms with Crippen LogP contribution in [0.15, 0.2) is 47.5 Å². The van der Waals surface area contributed by atoms with Crippen LogP contribution < -0.4 is 5.32 Å². The fourth-order valence-corrected chi connectivity index (χ4v) is 6.02. The van der Waals surface area contributed by atoms with Crippen molar-refractivity contribution >= 4 is 28.8 Å². The van der Waals surface area contributed by atoms with Gasteiger partial charge in [0, 0.05) is 17.7 Å². The molecule has 8 heteroatoms. The van der Waals surface area contributed by atoms with Gasteiger partial charge in [0.2, 0.25) is 11.0 Å². The predicted octanol–water partition coefficient (Wildman–Crippen LogP) is 5.27. The number of ether oxygens (including phenoxy) is 1. The van der Waals surface area contributed by atoms with E-state index in [0.717, 1.165) is 18.2 Å². The summed E-state index contributed by atoms with van der Waals surface area (Å²) in [5.41, 5.74) is 2.26. The number of hydrogen-bond donors (Lipinski definition) is 1. The first-order valence-electron chi connectivity index (χ1n) is 12.7. The Labute approximate surface area is 216 Å². The summed E-state index contributed by atoms with van der Waals surface area (Å²) in [5, 5.41) is 2.36. The summed E-state index contributed by atoms with van der Waals surface area (Å²) >= 11 is 1.05. The van der Waals surface area contributed by atoms with Crippen LogP contribution >= 0.6 is 11.8 Å². The average molecular weight is 512 g/mol. The molecule has 2 aromatic rings. The van der Waals surface area contributed by atoms with Gasteiger partial charge in [-0.25, -0.2) is 9.38 Å². The molecular weight excluding hydrogens is 477 g/mol. The maximum absolute atomic E-state index is 15.4. The van der Waals surface area contributed by atoms with E-state index >= 15 is 4.39 Å². The summed E-state index contributed by atoms with van der Waals surface area (Å²) in [6.07, 6.45) is 1.33. The predicted molar refractivity (Wildman–Crippen MR) is 142 cm³/mol. The third-order valence-electron chi connectivity index (χ3n) is 6.62. The second kappa shape index (κ2) is 11.5. The Balaban J connectivity index is 1.79. The van der Waals surface area contributed by atoms with Crippen molar-refractivity contribution in [1.29, 1.82) is 0 Å². The highest BCUT2D eigenvalue weighted by Gasteiger charge is 2.38. The first kappa shape index (κ1) is 26.2. The number of nitrogens with zero attached hydrogens (tertiary/aromatic N) is 2. The molecule has 0 aliphatic carbocycles. The second-order valence-electron chi connectivity index (χ2n) is 9.64. The van der Waals surface area contributed by atoms with Crippen molar-refractivity contribution in [2.45, 2.75) is 64.4 Å².